The lowest BCUT2D eigenvalue weighted by Gasteiger charge is -2.27. The molecule has 0 saturated carbocycles. The van der Waals surface area contributed by atoms with Crippen molar-refractivity contribution in [3.05, 3.63) is 88.7 Å². The van der Waals surface area contributed by atoms with Gasteiger partial charge < -0.3 is 10.1 Å². The van der Waals surface area contributed by atoms with E-state index in [1.165, 1.54) is 18.2 Å². The van der Waals surface area contributed by atoms with Crippen molar-refractivity contribution in [1.29, 1.82) is 0 Å². The first-order valence-corrected chi connectivity index (χ1v) is 8.13. The summed E-state index contributed by atoms with van der Waals surface area (Å²) < 4.78 is 19.9. The third-order valence-electron chi connectivity index (χ3n) is 4.13. The highest BCUT2D eigenvalue weighted by Crippen LogP contribution is 2.44. The number of amides is 1. The fraction of sp³-hybridized carbons (Fsp3) is 0.0500. The van der Waals surface area contributed by atoms with E-state index < -0.39 is 11.7 Å². The zero-order chi connectivity index (χ0) is 17.4. The summed E-state index contributed by atoms with van der Waals surface area (Å²) in [5.74, 6) is -0.244. The SMILES string of the molecule is O=C(Nc1ccc(Cl)cc1F)C1c2ccccc2Oc2ccccc21. The molecule has 0 aliphatic carbocycles. The molecule has 1 N–H and O–H groups in total. The molecule has 1 amide bonds. The lowest BCUT2D eigenvalue weighted by Crippen LogP contribution is -2.25. The summed E-state index contributed by atoms with van der Waals surface area (Å²) >= 11 is 5.77. The van der Waals surface area contributed by atoms with Crippen molar-refractivity contribution in [3.8, 4) is 11.5 Å². The van der Waals surface area contributed by atoms with Crippen LogP contribution in [0.15, 0.2) is 66.7 Å². The van der Waals surface area contributed by atoms with E-state index >= 15 is 0 Å². The number of para-hydroxylation sites is 2. The molecule has 1 aliphatic rings. The maximum atomic E-state index is 14.0. The van der Waals surface area contributed by atoms with Crippen LogP contribution in [0.1, 0.15) is 17.0 Å². The van der Waals surface area contributed by atoms with Gasteiger partial charge in [0.1, 0.15) is 17.3 Å². The van der Waals surface area contributed by atoms with Crippen LogP contribution in [0.4, 0.5) is 10.1 Å². The van der Waals surface area contributed by atoms with Crippen LogP contribution in [-0.2, 0) is 4.79 Å². The van der Waals surface area contributed by atoms with Crippen molar-refractivity contribution in [3.63, 3.8) is 0 Å². The molecule has 0 aromatic heterocycles. The van der Waals surface area contributed by atoms with Crippen LogP contribution in [0.2, 0.25) is 5.02 Å². The monoisotopic (exact) mass is 353 g/mol. The van der Waals surface area contributed by atoms with E-state index in [4.69, 9.17) is 16.3 Å². The predicted octanol–water partition coefficient (Wildman–Crippen LogP) is 5.36. The topological polar surface area (TPSA) is 38.3 Å². The maximum Gasteiger partial charge on any atom is 0.236 e. The van der Waals surface area contributed by atoms with E-state index in [0.717, 1.165) is 11.1 Å². The van der Waals surface area contributed by atoms with Gasteiger partial charge in [-0.3, -0.25) is 4.79 Å². The summed E-state index contributed by atoms with van der Waals surface area (Å²) in [5.41, 5.74) is 1.58. The number of carbonyl (C=O) groups excluding carboxylic acids is 1. The van der Waals surface area contributed by atoms with E-state index in [0.29, 0.717) is 11.5 Å². The molecular formula is C20H13ClFNO2. The van der Waals surface area contributed by atoms with E-state index in [-0.39, 0.29) is 16.6 Å². The number of halogens is 2. The summed E-state index contributed by atoms with van der Waals surface area (Å²) in [7, 11) is 0. The Morgan fingerprint density at radius 1 is 0.960 bits per heavy atom. The zero-order valence-corrected chi connectivity index (χ0v) is 13.8. The van der Waals surface area contributed by atoms with Crippen molar-refractivity contribution < 1.29 is 13.9 Å². The predicted molar refractivity (Wildman–Crippen MR) is 94.8 cm³/mol. The smallest absolute Gasteiger partial charge is 0.236 e. The molecule has 4 rings (SSSR count). The van der Waals surface area contributed by atoms with E-state index in [1.54, 1.807) is 0 Å². The minimum atomic E-state index is -0.587. The Hall–Kier alpha value is -2.85. The highest BCUT2D eigenvalue weighted by atomic mass is 35.5. The van der Waals surface area contributed by atoms with Gasteiger partial charge >= 0.3 is 0 Å². The molecule has 0 spiro atoms. The molecule has 0 unspecified atom stereocenters. The van der Waals surface area contributed by atoms with Crippen LogP contribution < -0.4 is 10.1 Å². The fourth-order valence-corrected chi connectivity index (χ4v) is 3.15. The Balaban J connectivity index is 1.75. The summed E-state index contributed by atoms with van der Waals surface area (Å²) in [5, 5.41) is 2.94. The number of nitrogens with one attached hydrogen (secondary N) is 1. The minimum absolute atomic E-state index is 0.0934. The van der Waals surface area contributed by atoms with Crippen molar-refractivity contribution in [2.24, 2.45) is 0 Å². The van der Waals surface area contributed by atoms with Gasteiger partial charge in [-0.15, -0.1) is 0 Å². The van der Waals surface area contributed by atoms with E-state index in [9.17, 15) is 9.18 Å². The van der Waals surface area contributed by atoms with E-state index in [1.807, 2.05) is 48.5 Å². The van der Waals surface area contributed by atoms with Crippen molar-refractivity contribution in [1.82, 2.24) is 0 Å². The molecule has 0 atom stereocenters. The van der Waals surface area contributed by atoms with Crippen molar-refractivity contribution >= 4 is 23.2 Å². The molecular weight excluding hydrogens is 341 g/mol. The Bertz CT molecular complexity index is 928. The summed E-state index contributed by atoms with van der Waals surface area (Å²) in [6, 6.07) is 18.9. The van der Waals surface area contributed by atoms with Crippen LogP contribution in [0.25, 0.3) is 0 Å². The Morgan fingerprint density at radius 2 is 1.56 bits per heavy atom. The second-order valence-corrected chi connectivity index (χ2v) is 6.16. The minimum Gasteiger partial charge on any atom is -0.457 e. The normalized spacial score (nSPS) is 12.7. The average molecular weight is 354 g/mol. The number of benzene rings is 3. The van der Waals surface area contributed by atoms with Gasteiger partial charge in [0, 0.05) is 16.1 Å². The number of anilines is 1. The third kappa shape index (κ3) is 2.85. The van der Waals surface area contributed by atoms with E-state index in [2.05, 4.69) is 5.32 Å². The first kappa shape index (κ1) is 15.7. The second kappa shape index (κ2) is 6.22. The quantitative estimate of drug-likeness (QED) is 0.674. The molecule has 3 aromatic rings. The number of hydrogen-bond donors (Lipinski definition) is 1. The fourth-order valence-electron chi connectivity index (χ4n) is 2.99. The van der Waals surface area contributed by atoms with Gasteiger partial charge in [0.15, 0.2) is 0 Å². The number of fused-ring (bicyclic) bond motifs is 2. The Morgan fingerprint density at radius 3 is 2.16 bits per heavy atom. The third-order valence-corrected chi connectivity index (χ3v) is 4.37. The number of rotatable bonds is 2. The average Bonchev–Trinajstić information content (AvgIpc) is 2.62. The number of ether oxygens (including phenoxy) is 1. The Kier molecular flexibility index (Phi) is 3.90. The number of carbonyl (C=O) groups is 1. The molecule has 0 bridgehead atoms. The van der Waals surface area contributed by atoms with Gasteiger partial charge in [0.25, 0.3) is 0 Å². The molecule has 124 valence electrons. The highest BCUT2D eigenvalue weighted by Gasteiger charge is 2.32. The second-order valence-electron chi connectivity index (χ2n) is 5.72. The van der Waals surface area contributed by atoms with Crippen molar-refractivity contribution in [2.45, 2.75) is 5.92 Å². The maximum absolute atomic E-state index is 14.0. The first-order valence-electron chi connectivity index (χ1n) is 7.75. The van der Waals surface area contributed by atoms with Crippen LogP contribution in [0.3, 0.4) is 0 Å². The summed E-state index contributed by atoms with van der Waals surface area (Å²) in [4.78, 5) is 13.0. The molecule has 5 heteroatoms. The lowest BCUT2D eigenvalue weighted by atomic mass is 9.87. The van der Waals surface area contributed by atoms with Crippen LogP contribution in [-0.4, -0.2) is 5.91 Å². The molecule has 0 fully saturated rings. The Labute approximate surface area is 149 Å². The summed E-state index contributed by atoms with van der Waals surface area (Å²) in [6.07, 6.45) is 0. The van der Waals surface area contributed by atoms with Gasteiger partial charge in [-0.25, -0.2) is 4.39 Å². The largest absolute Gasteiger partial charge is 0.457 e. The molecule has 25 heavy (non-hydrogen) atoms. The first-order chi connectivity index (χ1) is 12.1. The van der Waals surface area contributed by atoms with Crippen LogP contribution >= 0.6 is 11.6 Å². The van der Waals surface area contributed by atoms with Gasteiger partial charge in [0.05, 0.1) is 11.6 Å². The van der Waals surface area contributed by atoms with Gasteiger partial charge in [-0.1, -0.05) is 48.0 Å². The lowest BCUT2D eigenvalue weighted by molar-refractivity contribution is -0.116. The molecule has 0 saturated heterocycles. The summed E-state index contributed by atoms with van der Waals surface area (Å²) in [6.45, 7) is 0. The zero-order valence-electron chi connectivity index (χ0n) is 13.0. The molecule has 1 aliphatic heterocycles. The number of hydrogen-bond acceptors (Lipinski definition) is 2. The van der Waals surface area contributed by atoms with Crippen molar-refractivity contribution in [2.75, 3.05) is 5.32 Å². The van der Waals surface area contributed by atoms with Crippen LogP contribution in [0.5, 0.6) is 11.5 Å². The van der Waals surface area contributed by atoms with Gasteiger partial charge in [-0.05, 0) is 30.3 Å². The van der Waals surface area contributed by atoms with Gasteiger partial charge in [0.2, 0.25) is 5.91 Å². The highest BCUT2D eigenvalue weighted by molar-refractivity contribution is 6.30. The molecule has 0 radical (unpaired) electrons. The molecule has 3 nitrogen and oxygen atoms in total. The van der Waals surface area contributed by atoms with Gasteiger partial charge in [-0.2, -0.15) is 0 Å². The molecule has 3 aromatic carbocycles. The standard InChI is InChI=1S/C20H13ClFNO2/c21-12-9-10-16(15(22)11-12)23-20(24)19-13-5-1-3-7-17(13)25-18-8-4-2-6-14(18)19/h1-11,19H,(H,23,24). The van der Waals surface area contributed by atoms with Crippen LogP contribution in [0, 0.1) is 5.82 Å². The molecule has 1 heterocycles.